The van der Waals surface area contributed by atoms with Crippen LogP contribution in [0.25, 0.3) is 0 Å². The zero-order valence-corrected chi connectivity index (χ0v) is 6.63. The summed E-state index contributed by atoms with van der Waals surface area (Å²) in [5, 5.41) is 11.3. The van der Waals surface area contributed by atoms with Crippen molar-refractivity contribution in [1.82, 2.24) is 5.32 Å². The molecule has 0 heterocycles. The summed E-state index contributed by atoms with van der Waals surface area (Å²) in [6.45, 7) is 1.83. The van der Waals surface area contributed by atoms with Gasteiger partial charge in [0.1, 0.15) is 0 Å². The fourth-order valence-corrected chi connectivity index (χ4v) is 1.17. The van der Waals surface area contributed by atoms with Crippen LogP contribution in [0.3, 0.4) is 0 Å². The highest BCUT2D eigenvalue weighted by molar-refractivity contribution is 5.75. The van der Waals surface area contributed by atoms with Crippen molar-refractivity contribution in [2.24, 2.45) is 5.92 Å². The molecule has 0 aromatic rings. The molecule has 1 aliphatic rings. The highest BCUT2D eigenvalue weighted by atomic mass is 16.1. The molecule has 0 aromatic carbocycles. The van der Waals surface area contributed by atoms with Gasteiger partial charge in [0.25, 0.3) is 0 Å². The monoisotopic (exact) mass is 154 g/mol. The lowest BCUT2D eigenvalue weighted by Crippen LogP contribution is -2.43. The van der Waals surface area contributed by atoms with Gasteiger partial charge in [-0.15, -0.1) is 0 Å². The van der Waals surface area contributed by atoms with Crippen molar-refractivity contribution in [3.63, 3.8) is 0 Å². The third-order valence-corrected chi connectivity index (χ3v) is 2.01. The van der Waals surface area contributed by atoms with Gasteiger partial charge in [-0.05, 0) is 12.8 Å². The lowest BCUT2D eigenvalue weighted by atomic mass is 9.81. The molecule has 1 saturated carbocycles. The van der Waals surface area contributed by atoms with E-state index in [1.165, 1.54) is 0 Å². The molecule has 0 spiro atoms. The van der Waals surface area contributed by atoms with Crippen LogP contribution >= 0.6 is 0 Å². The Bertz CT molecular complexity index is 194. The number of nitrogens with zero attached hydrogens (tertiary/aromatic N) is 1. The van der Waals surface area contributed by atoms with Crippen LogP contribution in [0, 0.1) is 17.2 Å². The quantitative estimate of drug-likeness (QED) is 0.646. The molecule has 0 saturated heterocycles. The Labute approximate surface area is 67.9 Å². The number of carbonyl (C=O) groups excluding carboxylic acids is 1. The van der Waals surface area contributed by atoms with Gasteiger partial charge >= 0.3 is 0 Å². The number of nitriles is 1. The van der Waals surface area contributed by atoms with Gasteiger partial charge in [0, 0.05) is 13.9 Å². The van der Waals surface area contributed by atoms with Crippen LogP contribution < -0.4 is 5.32 Å². The first-order chi connectivity index (χ1) is 5.26. The van der Waals surface area contributed by atoms with Crippen molar-refractivity contribution in [2.45, 2.75) is 32.2 Å². The second-order valence-electron chi connectivity index (χ2n) is 2.92. The Hall–Kier alpha value is -1.04. The van der Waals surface area contributed by atoms with Crippen LogP contribution in [0.1, 0.15) is 27.6 Å². The Morgan fingerprint density at radius 2 is 2.45 bits per heavy atom. The van der Waals surface area contributed by atoms with E-state index in [0.29, 0.717) is 6.42 Å². The van der Waals surface area contributed by atoms with E-state index < -0.39 is 0 Å². The number of hydrogen-bond donors (Lipinski definition) is 1. The smallest absolute Gasteiger partial charge is 0.219 e. The predicted molar refractivity (Wildman–Crippen MR) is 42.7 cm³/mol. The summed E-state index contributed by atoms with van der Waals surface area (Å²) >= 11 is 0. The number of hydrogen-bond acceptors (Lipinski definition) is 2. The summed E-state index contributed by atoms with van der Waals surface area (Å²) in [4.78, 5) is 10.8. The molecule has 1 N–H and O–H groups in total. The van der Waals surface area contributed by atoms with Gasteiger partial charge in [-0.1, -0.05) is 6.92 Å². The second kappa shape index (κ2) is 3.38. The zero-order chi connectivity index (χ0) is 8.27. The second-order valence-corrected chi connectivity index (χ2v) is 2.92. The van der Waals surface area contributed by atoms with Crippen molar-refractivity contribution >= 4 is 5.91 Å². The van der Waals surface area contributed by atoms with Gasteiger partial charge in [0.05, 0.1) is 12.0 Å². The third kappa shape index (κ3) is 1.94. The molecular formula is C8H14N2O. The number of nitrogens with one attached hydrogen (secondary N) is 1. The van der Waals surface area contributed by atoms with E-state index in [1.54, 1.807) is 0 Å². The van der Waals surface area contributed by atoms with Crippen molar-refractivity contribution < 1.29 is 6.22 Å². The topological polar surface area (TPSA) is 52.9 Å². The fourth-order valence-electron chi connectivity index (χ4n) is 1.17. The zero-order valence-electron chi connectivity index (χ0n) is 6.63. The van der Waals surface area contributed by atoms with Crippen molar-refractivity contribution in [3.05, 3.63) is 0 Å². The molecule has 1 aliphatic carbocycles. The predicted octanol–water partition coefficient (Wildman–Crippen LogP) is 1.06. The van der Waals surface area contributed by atoms with Crippen molar-refractivity contribution in [1.29, 1.82) is 5.26 Å². The normalized spacial score (nSPS) is 28.4. The molecule has 62 valence electrons. The minimum atomic E-state index is 0. The largest absolute Gasteiger partial charge is 0.353 e. The average Bonchev–Trinajstić information content (AvgIpc) is 1.95. The maximum atomic E-state index is 10.8. The molecule has 0 radical (unpaired) electrons. The van der Waals surface area contributed by atoms with Crippen LogP contribution in [0.4, 0.5) is 0 Å². The number of carbonyl (C=O) groups is 1. The van der Waals surface area contributed by atoms with Gasteiger partial charge in [-0.3, -0.25) is 4.79 Å². The molecular weight excluding hydrogens is 140 g/mol. The van der Waals surface area contributed by atoms with Gasteiger partial charge in [0.2, 0.25) is 5.91 Å². The van der Waals surface area contributed by atoms with Crippen molar-refractivity contribution in [2.75, 3.05) is 0 Å². The van der Waals surface area contributed by atoms with Crippen molar-refractivity contribution in [3.8, 4) is 6.07 Å². The Morgan fingerprint density at radius 3 is 2.91 bits per heavy atom. The molecule has 0 bridgehead atoms. The molecule has 1 fully saturated rings. The average molecular weight is 154 g/mol. The first-order valence-electron chi connectivity index (χ1n) is 3.95. The summed E-state index contributed by atoms with van der Waals surface area (Å²) in [6.07, 6.45) is 2.21. The van der Waals surface area contributed by atoms with E-state index in [4.69, 9.17) is 5.26 Å². The van der Waals surface area contributed by atoms with E-state index in [1.807, 2.05) is 6.92 Å². The summed E-state index contributed by atoms with van der Waals surface area (Å²) in [5.41, 5.74) is 0. The summed E-state index contributed by atoms with van der Waals surface area (Å²) in [7, 11) is 0. The highest BCUT2D eigenvalue weighted by Gasteiger charge is 2.29. The van der Waals surface area contributed by atoms with Crippen LogP contribution in [0.15, 0.2) is 0 Å². The summed E-state index contributed by atoms with van der Waals surface area (Å²) in [5.74, 6) is 0.267. The van der Waals surface area contributed by atoms with E-state index in [2.05, 4.69) is 11.4 Å². The molecule has 0 aliphatic heterocycles. The Balaban J connectivity index is 0.00000121. The van der Waals surface area contributed by atoms with Crippen LogP contribution in [-0.2, 0) is 4.79 Å². The molecule has 0 aromatic heterocycles. The standard InChI is InChI=1S/C8H12N2O.H2/c1-2-8(11)10-7-3-6(4-7)5-9;/h6-7H,2-4H2,1H3,(H,10,11);1H. The maximum absolute atomic E-state index is 10.8. The SMILES string of the molecule is CCC(=O)NC1CC(C#N)C1.[HH]. The maximum Gasteiger partial charge on any atom is 0.219 e. The molecule has 0 atom stereocenters. The van der Waals surface area contributed by atoms with E-state index in [-0.39, 0.29) is 19.3 Å². The number of rotatable bonds is 2. The minimum absolute atomic E-state index is 0. The first kappa shape index (κ1) is 8.06. The lowest BCUT2D eigenvalue weighted by Gasteiger charge is -2.30. The Morgan fingerprint density at radius 1 is 1.82 bits per heavy atom. The molecule has 0 unspecified atom stereocenters. The van der Waals surface area contributed by atoms with Crippen LogP contribution in [0.2, 0.25) is 0 Å². The van der Waals surface area contributed by atoms with Gasteiger partial charge in [0.15, 0.2) is 0 Å². The third-order valence-electron chi connectivity index (χ3n) is 2.01. The summed E-state index contributed by atoms with van der Waals surface area (Å²) in [6, 6.07) is 2.44. The van der Waals surface area contributed by atoms with Crippen LogP contribution in [0.5, 0.6) is 0 Å². The van der Waals surface area contributed by atoms with Gasteiger partial charge < -0.3 is 5.32 Å². The molecule has 3 nitrogen and oxygen atoms in total. The van der Waals surface area contributed by atoms with Gasteiger partial charge in [-0.2, -0.15) is 5.26 Å². The highest BCUT2D eigenvalue weighted by Crippen LogP contribution is 2.26. The lowest BCUT2D eigenvalue weighted by molar-refractivity contribution is -0.122. The molecule has 1 amide bonds. The van der Waals surface area contributed by atoms with Crippen LogP contribution in [-0.4, -0.2) is 11.9 Å². The number of amides is 1. The molecule has 11 heavy (non-hydrogen) atoms. The minimum Gasteiger partial charge on any atom is -0.353 e. The summed E-state index contributed by atoms with van der Waals surface area (Å²) < 4.78 is 0. The Kier molecular flexibility index (Phi) is 2.48. The van der Waals surface area contributed by atoms with E-state index in [0.717, 1.165) is 12.8 Å². The van der Waals surface area contributed by atoms with Gasteiger partial charge in [-0.25, -0.2) is 0 Å². The molecule has 3 heteroatoms. The van der Waals surface area contributed by atoms with E-state index in [9.17, 15) is 4.79 Å². The molecule has 1 rings (SSSR count). The van der Waals surface area contributed by atoms with E-state index >= 15 is 0 Å². The fraction of sp³-hybridized carbons (Fsp3) is 0.750. The first-order valence-corrected chi connectivity index (χ1v) is 3.95.